The summed E-state index contributed by atoms with van der Waals surface area (Å²) in [6.45, 7) is 2.39. The van der Waals surface area contributed by atoms with E-state index in [1.807, 2.05) is 0 Å². The number of unbranched alkanes of at least 4 members (excludes halogenated alkanes) is 2. The molecular formula is C8H13Cl3O2. The summed E-state index contributed by atoms with van der Waals surface area (Å²) in [4.78, 5) is 10.1. The van der Waals surface area contributed by atoms with Gasteiger partial charge in [-0.05, 0) is 12.8 Å². The maximum absolute atomic E-state index is 10.1. The lowest BCUT2D eigenvalue weighted by Gasteiger charge is -2.22. The zero-order chi connectivity index (χ0) is 10.3. The third-order valence-corrected chi connectivity index (χ3v) is 2.38. The van der Waals surface area contributed by atoms with Crippen LogP contribution in [0.5, 0.6) is 0 Å². The van der Waals surface area contributed by atoms with E-state index in [4.69, 9.17) is 34.8 Å². The van der Waals surface area contributed by atoms with Crippen molar-refractivity contribution in [2.24, 2.45) is 0 Å². The monoisotopic (exact) mass is 246 g/mol. The zero-order valence-electron chi connectivity index (χ0n) is 7.43. The van der Waals surface area contributed by atoms with E-state index in [-0.39, 0.29) is 0 Å². The average Bonchev–Trinajstić information content (AvgIpc) is 2.01. The van der Waals surface area contributed by atoms with E-state index >= 15 is 0 Å². The van der Waals surface area contributed by atoms with Gasteiger partial charge in [-0.2, -0.15) is 0 Å². The fraction of sp³-hybridized carbons (Fsp3) is 0.875. The molecule has 0 fully saturated rings. The Hall–Kier alpha value is 0.340. The molecule has 13 heavy (non-hydrogen) atoms. The third-order valence-electron chi connectivity index (χ3n) is 1.65. The molecule has 0 saturated heterocycles. The normalized spacial score (nSPS) is 13.8. The van der Waals surface area contributed by atoms with Crippen molar-refractivity contribution in [2.75, 3.05) is 0 Å². The van der Waals surface area contributed by atoms with Gasteiger partial charge in [-0.1, -0.05) is 54.6 Å². The van der Waals surface area contributed by atoms with Crippen LogP contribution in [-0.2, 0) is 9.53 Å². The fourth-order valence-corrected chi connectivity index (χ4v) is 1.44. The van der Waals surface area contributed by atoms with Gasteiger partial charge in [0.1, 0.15) is 6.10 Å². The van der Waals surface area contributed by atoms with Crippen LogP contribution < -0.4 is 0 Å². The zero-order valence-corrected chi connectivity index (χ0v) is 9.70. The molecule has 1 unspecified atom stereocenters. The first-order chi connectivity index (χ1) is 6.02. The highest BCUT2D eigenvalue weighted by Crippen LogP contribution is 2.34. The molecule has 0 aliphatic heterocycles. The summed E-state index contributed by atoms with van der Waals surface area (Å²) in [5.41, 5.74) is 0. The Labute approximate surface area is 93.5 Å². The number of rotatable bonds is 6. The van der Waals surface area contributed by atoms with Crippen LogP contribution in [0.4, 0.5) is 0 Å². The Bertz CT molecular complexity index is 145. The topological polar surface area (TPSA) is 26.3 Å². The van der Waals surface area contributed by atoms with E-state index in [1.165, 1.54) is 0 Å². The second-order valence-corrected chi connectivity index (χ2v) is 5.13. The highest BCUT2D eigenvalue weighted by Gasteiger charge is 2.33. The standard InChI is InChI=1S/C8H13Cl3O2/c1-2-3-4-5-7(13-6-12)8(9,10)11/h6-7H,2-5H2,1H3. The van der Waals surface area contributed by atoms with Crippen molar-refractivity contribution in [1.29, 1.82) is 0 Å². The first-order valence-electron chi connectivity index (χ1n) is 4.18. The number of ether oxygens (including phenoxy) is 1. The molecule has 0 heterocycles. The number of halogens is 3. The van der Waals surface area contributed by atoms with Crippen LogP contribution in [0.2, 0.25) is 0 Å². The summed E-state index contributed by atoms with van der Waals surface area (Å²) in [5, 5.41) is 0. The quantitative estimate of drug-likeness (QED) is 0.408. The van der Waals surface area contributed by atoms with Gasteiger partial charge in [-0.3, -0.25) is 4.79 Å². The van der Waals surface area contributed by atoms with Crippen molar-refractivity contribution >= 4 is 41.3 Å². The van der Waals surface area contributed by atoms with Crippen molar-refractivity contribution < 1.29 is 9.53 Å². The minimum atomic E-state index is -1.52. The number of alkyl halides is 3. The van der Waals surface area contributed by atoms with E-state index in [2.05, 4.69) is 11.7 Å². The van der Waals surface area contributed by atoms with E-state index in [0.717, 1.165) is 19.3 Å². The van der Waals surface area contributed by atoms with Crippen LogP contribution in [0, 0.1) is 0 Å². The van der Waals surface area contributed by atoms with Gasteiger partial charge < -0.3 is 4.74 Å². The van der Waals surface area contributed by atoms with Crippen LogP contribution in [0.3, 0.4) is 0 Å². The van der Waals surface area contributed by atoms with Gasteiger partial charge in [0.25, 0.3) is 6.47 Å². The first kappa shape index (κ1) is 13.3. The summed E-state index contributed by atoms with van der Waals surface area (Å²) >= 11 is 16.8. The molecule has 0 spiro atoms. The SMILES string of the molecule is CCCCCC(OC=O)C(Cl)(Cl)Cl. The van der Waals surface area contributed by atoms with Crippen LogP contribution >= 0.6 is 34.8 Å². The summed E-state index contributed by atoms with van der Waals surface area (Å²) in [5.74, 6) is 0. The molecule has 0 aromatic carbocycles. The molecule has 0 aromatic rings. The lowest BCUT2D eigenvalue weighted by Crippen LogP contribution is -2.28. The second kappa shape index (κ2) is 6.74. The smallest absolute Gasteiger partial charge is 0.293 e. The lowest BCUT2D eigenvalue weighted by molar-refractivity contribution is -0.133. The van der Waals surface area contributed by atoms with Crippen LogP contribution in [-0.4, -0.2) is 16.4 Å². The van der Waals surface area contributed by atoms with Crippen molar-refractivity contribution in [3.8, 4) is 0 Å². The van der Waals surface area contributed by atoms with E-state index in [9.17, 15) is 4.79 Å². The second-order valence-electron chi connectivity index (χ2n) is 2.76. The van der Waals surface area contributed by atoms with Crippen molar-refractivity contribution in [2.45, 2.75) is 42.5 Å². The fourth-order valence-electron chi connectivity index (χ4n) is 0.956. The number of hydrogen-bond donors (Lipinski definition) is 0. The minimum absolute atomic E-state index is 0.318. The predicted octanol–water partition coefficient (Wildman–Crippen LogP) is 3.48. The molecule has 78 valence electrons. The number of carbonyl (C=O) groups is 1. The maximum atomic E-state index is 10.1. The van der Waals surface area contributed by atoms with E-state index in [1.54, 1.807) is 0 Å². The van der Waals surface area contributed by atoms with Crippen LogP contribution in [0.1, 0.15) is 32.6 Å². The van der Waals surface area contributed by atoms with Gasteiger partial charge in [0, 0.05) is 0 Å². The molecular weight excluding hydrogens is 234 g/mol. The van der Waals surface area contributed by atoms with Crippen molar-refractivity contribution in [1.82, 2.24) is 0 Å². The molecule has 0 aliphatic carbocycles. The highest BCUT2D eigenvalue weighted by molar-refractivity contribution is 6.68. The maximum Gasteiger partial charge on any atom is 0.293 e. The Kier molecular flexibility index (Phi) is 6.92. The molecule has 5 heteroatoms. The molecule has 0 aromatic heterocycles. The van der Waals surface area contributed by atoms with E-state index in [0.29, 0.717) is 12.9 Å². The summed E-state index contributed by atoms with van der Waals surface area (Å²) in [7, 11) is 0. The average molecular weight is 248 g/mol. The minimum Gasteiger partial charge on any atom is -0.460 e. The predicted molar refractivity (Wildman–Crippen MR) is 55.4 cm³/mol. The molecule has 0 saturated carbocycles. The first-order valence-corrected chi connectivity index (χ1v) is 5.31. The van der Waals surface area contributed by atoms with Gasteiger partial charge >= 0.3 is 0 Å². The van der Waals surface area contributed by atoms with Gasteiger partial charge in [0.2, 0.25) is 3.79 Å². The highest BCUT2D eigenvalue weighted by atomic mass is 35.6. The lowest BCUT2D eigenvalue weighted by atomic mass is 10.1. The Balaban J connectivity index is 3.87. The summed E-state index contributed by atoms with van der Waals surface area (Å²) in [6, 6.07) is 0. The van der Waals surface area contributed by atoms with Crippen molar-refractivity contribution in [3.05, 3.63) is 0 Å². The largest absolute Gasteiger partial charge is 0.460 e. The molecule has 0 N–H and O–H groups in total. The number of hydrogen-bond acceptors (Lipinski definition) is 2. The van der Waals surface area contributed by atoms with Gasteiger partial charge in [0.15, 0.2) is 0 Å². The summed E-state index contributed by atoms with van der Waals surface area (Å²) < 4.78 is 3.16. The number of carbonyl (C=O) groups excluding carboxylic acids is 1. The Morgan fingerprint density at radius 1 is 1.38 bits per heavy atom. The molecule has 0 rings (SSSR count). The molecule has 0 aliphatic rings. The van der Waals surface area contributed by atoms with Crippen molar-refractivity contribution in [3.63, 3.8) is 0 Å². The molecule has 0 bridgehead atoms. The molecule has 0 amide bonds. The van der Waals surface area contributed by atoms with E-state index < -0.39 is 9.90 Å². The van der Waals surface area contributed by atoms with Gasteiger partial charge in [0.05, 0.1) is 0 Å². The third kappa shape index (κ3) is 6.42. The van der Waals surface area contributed by atoms with Crippen LogP contribution in [0.15, 0.2) is 0 Å². The Morgan fingerprint density at radius 3 is 2.38 bits per heavy atom. The summed E-state index contributed by atoms with van der Waals surface area (Å²) in [6.07, 6.45) is 2.96. The molecule has 2 nitrogen and oxygen atoms in total. The Morgan fingerprint density at radius 2 is 2.00 bits per heavy atom. The molecule has 0 radical (unpaired) electrons. The molecule has 1 atom stereocenters. The van der Waals surface area contributed by atoms with Gasteiger partial charge in [-0.25, -0.2) is 0 Å². The van der Waals surface area contributed by atoms with Gasteiger partial charge in [-0.15, -0.1) is 0 Å². The van der Waals surface area contributed by atoms with Crippen LogP contribution in [0.25, 0.3) is 0 Å².